The van der Waals surface area contributed by atoms with Gasteiger partial charge in [-0.25, -0.2) is 0 Å². The zero-order chi connectivity index (χ0) is 7.82. The van der Waals surface area contributed by atoms with Gasteiger partial charge in [0.2, 0.25) is 0 Å². The molecule has 53 valence electrons. The summed E-state index contributed by atoms with van der Waals surface area (Å²) < 4.78 is 1.56. The molecular weight excluding hydrogens is 223 g/mol. The van der Waals surface area contributed by atoms with Crippen molar-refractivity contribution in [3.05, 3.63) is 34.2 Å². The van der Waals surface area contributed by atoms with Gasteiger partial charge in [-0.15, -0.1) is 18.2 Å². The molecule has 0 nitrogen and oxygen atoms in total. The second-order valence-electron chi connectivity index (χ2n) is 1.77. The van der Waals surface area contributed by atoms with Crippen molar-refractivity contribution in [2.75, 3.05) is 5.88 Å². The van der Waals surface area contributed by atoms with Gasteiger partial charge in [-0.05, 0) is 0 Å². The van der Waals surface area contributed by atoms with Crippen LogP contribution < -0.4 is 0 Å². The van der Waals surface area contributed by atoms with E-state index in [9.17, 15) is 0 Å². The van der Waals surface area contributed by atoms with Crippen LogP contribution >= 0.6 is 11.6 Å². The third kappa shape index (κ3) is 6.51. The van der Waals surface area contributed by atoms with Crippen molar-refractivity contribution < 1.29 is 24.7 Å². The molecule has 0 aromatic rings. The van der Waals surface area contributed by atoms with Crippen LogP contribution in [0.2, 0.25) is 0 Å². The van der Waals surface area contributed by atoms with Crippen molar-refractivity contribution in [3.8, 4) is 0 Å². The Hall–Kier alpha value is 0.393. The van der Waals surface area contributed by atoms with Crippen LogP contribution in [0.1, 0.15) is 6.42 Å². The molecule has 0 saturated heterocycles. The van der Waals surface area contributed by atoms with E-state index in [4.69, 9.17) is 11.6 Å². The summed E-state index contributed by atoms with van der Waals surface area (Å²) in [7, 11) is 0. The third-order valence-electron chi connectivity index (χ3n) is 0.880. The van der Waals surface area contributed by atoms with Crippen molar-refractivity contribution >= 4 is 11.6 Å². The molecule has 10 heavy (non-hydrogen) atoms. The molecule has 0 unspecified atom stereocenters. The van der Waals surface area contributed by atoms with E-state index in [0.29, 0.717) is 5.88 Å². The predicted molar refractivity (Wildman–Crippen MR) is 42.8 cm³/mol. The van der Waals surface area contributed by atoms with Gasteiger partial charge in [-0.1, -0.05) is 6.08 Å². The summed E-state index contributed by atoms with van der Waals surface area (Å²) in [5.41, 5.74) is 0. The van der Waals surface area contributed by atoms with Gasteiger partial charge in [0.05, 0.1) is 0 Å². The van der Waals surface area contributed by atoms with Crippen LogP contribution in [0.5, 0.6) is 0 Å². The van der Waals surface area contributed by atoms with E-state index in [1.807, 2.05) is 0 Å². The van der Waals surface area contributed by atoms with Crippen LogP contribution in [-0.2, 0) is 24.7 Å². The summed E-state index contributed by atoms with van der Waals surface area (Å²) in [4.78, 5) is 0. The first-order valence-corrected chi connectivity index (χ1v) is 4.81. The Morgan fingerprint density at radius 2 is 2.40 bits per heavy atom. The first-order valence-electron chi connectivity index (χ1n) is 3.05. The zero-order valence-corrected chi connectivity index (χ0v) is 9.02. The molecular formula is C8H10ClZr. The Morgan fingerprint density at radius 3 is 2.50 bits per heavy atom. The van der Waals surface area contributed by atoms with E-state index in [1.54, 1.807) is 34.1 Å². The molecule has 0 heterocycles. The first-order chi connectivity index (χ1) is 4.81. The molecule has 1 aliphatic rings. The quantitative estimate of drug-likeness (QED) is 0.482. The maximum absolute atomic E-state index is 5.07. The van der Waals surface area contributed by atoms with Crippen molar-refractivity contribution in [1.82, 2.24) is 0 Å². The summed E-state index contributed by atoms with van der Waals surface area (Å²) in [6.07, 6.45) is 9.33. The van der Waals surface area contributed by atoms with Gasteiger partial charge in [0.15, 0.2) is 0 Å². The Bertz CT molecular complexity index is 147. The zero-order valence-electron chi connectivity index (χ0n) is 5.81. The molecule has 0 atom stereocenters. The molecule has 0 spiro atoms. The van der Waals surface area contributed by atoms with E-state index >= 15 is 0 Å². The average Bonchev–Trinajstić information content (AvgIpc) is 2.40. The molecule has 0 aromatic heterocycles. The van der Waals surface area contributed by atoms with Crippen molar-refractivity contribution in [2.45, 2.75) is 6.42 Å². The summed E-state index contributed by atoms with van der Waals surface area (Å²) >= 11 is 6.63. The van der Waals surface area contributed by atoms with Crippen LogP contribution in [0, 0.1) is 0 Å². The average molecular weight is 233 g/mol. The topological polar surface area (TPSA) is 0 Å². The standard InChI is InChI=1S/C5H5.C3H5Cl.Zr/c1-2-4-5-3-1;1-2-3-4;/h1-3H,4H2;2H,1,3H2;. The molecule has 1 rings (SSSR count). The van der Waals surface area contributed by atoms with Crippen LogP contribution in [0.4, 0.5) is 0 Å². The van der Waals surface area contributed by atoms with Gasteiger partial charge in [0, 0.05) is 5.88 Å². The molecule has 0 N–H and O–H groups in total. The molecule has 0 amide bonds. The maximum atomic E-state index is 5.07. The molecule has 0 aliphatic heterocycles. The van der Waals surface area contributed by atoms with Crippen LogP contribution in [0.15, 0.2) is 34.2 Å². The number of allylic oxidation sites excluding steroid dienone is 5. The summed E-state index contributed by atoms with van der Waals surface area (Å²) in [5, 5.41) is 0. The van der Waals surface area contributed by atoms with Crippen LogP contribution in [0.3, 0.4) is 0 Å². The Balaban J connectivity index is 0.000000180. The number of rotatable bonds is 1. The molecule has 0 saturated carbocycles. The predicted octanol–water partition coefficient (Wildman–Crippen LogP) is 2.79. The van der Waals surface area contributed by atoms with Gasteiger partial charge in [-0.2, -0.15) is 0 Å². The Kier molecular flexibility index (Phi) is 7.79. The number of hydrogen-bond donors (Lipinski definition) is 0. The normalized spacial score (nSPS) is 13.4. The van der Waals surface area contributed by atoms with Gasteiger partial charge in [-0.3, -0.25) is 0 Å². The fourth-order valence-corrected chi connectivity index (χ4v) is 0.973. The molecule has 0 radical (unpaired) electrons. The number of hydrogen-bond acceptors (Lipinski definition) is 0. The molecule has 0 bridgehead atoms. The fourth-order valence-electron chi connectivity index (χ4n) is 0.447. The van der Waals surface area contributed by atoms with Gasteiger partial charge >= 0.3 is 52.6 Å². The second-order valence-corrected chi connectivity index (χ2v) is 3.65. The van der Waals surface area contributed by atoms with E-state index in [0.717, 1.165) is 0 Å². The molecule has 2 heteroatoms. The molecule has 0 aromatic carbocycles. The van der Waals surface area contributed by atoms with E-state index in [-0.39, 0.29) is 0 Å². The number of alkyl halides is 1. The van der Waals surface area contributed by atoms with E-state index < -0.39 is 0 Å². The molecule has 0 fully saturated rings. The van der Waals surface area contributed by atoms with Crippen molar-refractivity contribution in [3.63, 3.8) is 0 Å². The Labute approximate surface area is 82.5 Å². The number of halogens is 1. The minimum absolute atomic E-state index is 0.556. The summed E-state index contributed by atoms with van der Waals surface area (Å²) in [5.74, 6) is 0.556. The van der Waals surface area contributed by atoms with E-state index in [1.165, 1.54) is 6.42 Å². The van der Waals surface area contributed by atoms with Gasteiger partial charge < -0.3 is 0 Å². The van der Waals surface area contributed by atoms with Crippen LogP contribution in [-0.4, -0.2) is 5.88 Å². The Morgan fingerprint density at radius 1 is 1.80 bits per heavy atom. The van der Waals surface area contributed by atoms with Gasteiger partial charge in [0.25, 0.3) is 0 Å². The van der Waals surface area contributed by atoms with Crippen LogP contribution in [0.25, 0.3) is 0 Å². The second kappa shape index (κ2) is 7.50. The fraction of sp³-hybridized carbons (Fsp3) is 0.250. The van der Waals surface area contributed by atoms with Crippen molar-refractivity contribution in [2.24, 2.45) is 0 Å². The van der Waals surface area contributed by atoms with Crippen molar-refractivity contribution in [1.29, 1.82) is 0 Å². The summed E-state index contributed by atoms with van der Waals surface area (Å²) in [6, 6.07) is 0. The summed E-state index contributed by atoms with van der Waals surface area (Å²) in [6.45, 7) is 3.35. The molecule has 1 aliphatic carbocycles. The minimum atomic E-state index is 0.556. The van der Waals surface area contributed by atoms with E-state index in [2.05, 4.69) is 24.8 Å². The SMILES string of the molecule is C=CCCl.[Zr][C]1=CC=CC1. The van der Waals surface area contributed by atoms with Gasteiger partial charge in [0.1, 0.15) is 0 Å². The monoisotopic (exact) mass is 231 g/mol. The third-order valence-corrected chi connectivity index (χ3v) is 2.01. The first kappa shape index (κ1) is 10.4.